The Bertz CT molecular complexity index is 1160. The van der Waals surface area contributed by atoms with Gasteiger partial charge in [0.1, 0.15) is 11.1 Å². The van der Waals surface area contributed by atoms with Gasteiger partial charge in [0.15, 0.2) is 0 Å². The second kappa shape index (κ2) is 5.77. The molecule has 27 heavy (non-hydrogen) atoms. The van der Waals surface area contributed by atoms with Crippen LogP contribution in [0.2, 0.25) is 0 Å². The molecular formula is C21H16N2O3S. The van der Waals surface area contributed by atoms with E-state index in [-0.39, 0.29) is 17.3 Å². The fourth-order valence-corrected chi connectivity index (χ4v) is 5.61. The van der Waals surface area contributed by atoms with Gasteiger partial charge in [0.2, 0.25) is 10.0 Å². The molecule has 0 saturated carbocycles. The van der Waals surface area contributed by atoms with E-state index in [1.807, 2.05) is 42.5 Å². The number of para-hydroxylation sites is 1. The number of hydrogen-bond acceptors (Lipinski definition) is 3. The highest BCUT2D eigenvalue weighted by Crippen LogP contribution is 2.48. The summed E-state index contributed by atoms with van der Waals surface area (Å²) in [5.74, 6) is -0.170. The Morgan fingerprint density at radius 3 is 2.30 bits per heavy atom. The molecule has 5 nitrogen and oxygen atoms in total. The fraction of sp³-hybridized carbons (Fsp3) is 0.0952. The molecule has 0 N–H and O–H groups in total. The smallest absolute Gasteiger partial charge is 0.260 e. The molecule has 2 heterocycles. The average Bonchev–Trinajstić information content (AvgIpc) is 2.99. The molecule has 1 atom stereocenters. The highest BCUT2D eigenvalue weighted by Gasteiger charge is 2.50. The van der Waals surface area contributed by atoms with Gasteiger partial charge in [0.05, 0.1) is 5.69 Å². The normalized spacial score (nSPS) is 20.1. The van der Waals surface area contributed by atoms with Gasteiger partial charge in [-0.2, -0.15) is 4.31 Å². The van der Waals surface area contributed by atoms with Gasteiger partial charge in [-0.05, 0) is 23.8 Å². The molecule has 0 aromatic heterocycles. The first-order valence-corrected chi connectivity index (χ1v) is 10.1. The molecule has 2 aliphatic heterocycles. The van der Waals surface area contributed by atoms with E-state index in [1.165, 1.54) is 4.31 Å². The number of carbonyl (C=O) groups is 1. The highest BCUT2D eigenvalue weighted by atomic mass is 32.2. The molecule has 0 unspecified atom stereocenters. The molecule has 0 bridgehead atoms. The molecule has 6 heteroatoms. The molecule has 5 rings (SSSR count). The van der Waals surface area contributed by atoms with E-state index in [9.17, 15) is 13.2 Å². The fourth-order valence-electron chi connectivity index (χ4n) is 3.89. The molecule has 3 aromatic rings. The number of hydrogen-bond donors (Lipinski definition) is 0. The predicted octanol–water partition coefficient (Wildman–Crippen LogP) is 3.55. The van der Waals surface area contributed by atoms with Crippen molar-refractivity contribution in [2.75, 3.05) is 4.90 Å². The molecule has 2 aliphatic rings. The largest absolute Gasteiger partial charge is 0.285 e. The lowest BCUT2D eigenvalue weighted by Crippen LogP contribution is -2.47. The predicted molar refractivity (Wildman–Crippen MR) is 102 cm³/mol. The summed E-state index contributed by atoms with van der Waals surface area (Å²) in [5.41, 5.74) is 2.58. The first kappa shape index (κ1) is 16.2. The molecule has 0 saturated heterocycles. The van der Waals surface area contributed by atoms with E-state index < -0.39 is 16.2 Å². The van der Waals surface area contributed by atoms with Crippen LogP contribution in [0.1, 0.15) is 27.7 Å². The van der Waals surface area contributed by atoms with Gasteiger partial charge in [0, 0.05) is 17.7 Å². The molecule has 1 amide bonds. The third-order valence-corrected chi connectivity index (χ3v) is 6.95. The zero-order valence-electron chi connectivity index (χ0n) is 14.3. The minimum Gasteiger partial charge on any atom is -0.285 e. The Morgan fingerprint density at radius 2 is 1.48 bits per heavy atom. The molecule has 134 valence electrons. The topological polar surface area (TPSA) is 57.7 Å². The standard InChI is InChI=1S/C21H16N2O3S/c24-21-17-11-5-4-10-16(17)20-22(14-15-8-2-1-3-9-15)27(25,26)19-13-7-6-12-18(19)23(20)21/h1-13,20H,14H2/t20-/m1/s1. The number of fused-ring (bicyclic) bond motifs is 5. The van der Waals surface area contributed by atoms with Crippen molar-refractivity contribution >= 4 is 21.6 Å². The van der Waals surface area contributed by atoms with Crippen molar-refractivity contribution in [1.82, 2.24) is 4.31 Å². The molecule has 0 fully saturated rings. The van der Waals surface area contributed by atoms with Crippen molar-refractivity contribution in [3.63, 3.8) is 0 Å². The van der Waals surface area contributed by atoms with Crippen LogP contribution in [0.25, 0.3) is 0 Å². The van der Waals surface area contributed by atoms with Crippen molar-refractivity contribution in [3.05, 3.63) is 95.6 Å². The lowest BCUT2D eigenvalue weighted by atomic mass is 10.1. The van der Waals surface area contributed by atoms with Crippen LogP contribution in [0.5, 0.6) is 0 Å². The third-order valence-electron chi connectivity index (χ3n) is 5.10. The number of sulfonamides is 1. The number of nitrogens with zero attached hydrogens (tertiary/aromatic N) is 2. The summed E-state index contributed by atoms with van der Waals surface area (Å²) in [6.45, 7) is 0.195. The van der Waals surface area contributed by atoms with Gasteiger partial charge in [-0.15, -0.1) is 0 Å². The Labute approximate surface area is 157 Å². The Hall–Kier alpha value is -2.96. The Morgan fingerprint density at radius 1 is 0.815 bits per heavy atom. The van der Waals surface area contributed by atoms with Gasteiger partial charge in [-0.3, -0.25) is 9.69 Å². The van der Waals surface area contributed by atoms with Gasteiger partial charge < -0.3 is 0 Å². The van der Waals surface area contributed by atoms with Crippen molar-refractivity contribution < 1.29 is 13.2 Å². The van der Waals surface area contributed by atoms with Crippen LogP contribution in [0.4, 0.5) is 5.69 Å². The Balaban J connectivity index is 1.76. The number of anilines is 1. The van der Waals surface area contributed by atoms with Gasteiger partial charge in [0.25, 0.3) is 5.91 Å². The van der Waals surface area contributed by atoms with Crippen LogP contribution in [0, 0.1) is 0 Å². The number of amides is 1. The van der Waals surface area contributed by atoms with E-state index in [4.69, 9.17) is 0 Å². The number of carbonyl (C=O) groups excluding carboxylic acids is 1. The summed E-state index contributed by atoms with van der Waals surface area (Å²) in [6.07, 6.45) is -0.672. The zero-order valence-corrected chi connectivity index (χ0v) is 15.1. The van der Waals surface area contributed by atoms with Crippen LogP contribution in [-0.2, 0) is 16.6 Å². The molecule has 0 radical (unpaired) electrons. The van der Waals surface area contributed by atoms with Crippen LogP contribution >= 0.6 is 0 Å². The van der Waals surface area contributed by atoms with Crippen molar-refractivity contribution in [2.24, 2.45) is 0 Å². The van der Waals surface area contributed by atoms with E-state index >= 15 is 0 Å². The minimum atomic E-state index is -3.76. The van der Waals surface area contributed by atoms with Crippen molar-refractivity contribution in [2.45, 2.75) is 17.6 Å². The molecule has 0 aliphatic carbocycles. The quantitative estimate of drug-likeness (QED) is 0.687. The number of benzene rings is 3. The molecule has 3 aromatic carbocycles. The maximum atomic E-state index is 13.5. The summed E-state index contributed by atoms with van der Waals surface area (Å²) in [7, 11) is -3.76. The lowest BCUT2D eigenvalue weighted by Gasteiger charge is -2.40. The lowest BCUT2D eigenvalue weighted by molar-refractivity contribution is 0.0975. The molecule has 0 spiro atoms. The van der Waals surface area contributed by atoms with Crippen molar-refractivity contribution in [3.8, 4) is 0 Å². The average molecular weight is 376 g/mol. The minimum absolute atomic E-state index is 0.165. The van der Waals surface area contributed by atoms with Crippen LogP contribution in [-0.4, -0.2) is 18.6 Å². The Kier molecular flexibility index (Phi) is 3.47. The van der Waals surface area contributed by atoms with Gasteiger partial charge >= 0.3 is 0 Å². The molecular weight excluding hydrogens is 360 g/mol. The van der Waals surface area contributed by atoms with Crippen LogP contribution in [0.15, 0.2) is 83.8 Å². The van der Waals surface area contributed by atoms with Crippen LogP contribution < -0.4 is 4.90 Å². The SMILES string of the molecule is O=C1c2ccccc2[C@H]2N1c1ccccc1S(=O)(=O)N2Cc1ccccc1. The van der Waals surface area contributed by atoms with E-state index in [0.29, 0.717) is 11.3 Å². The summed E-state index contributed by atoms with van der Waals surface area (Å²) in [4.78, 5) is 14.9. The van der Waals surface area contributed by atoms with Crippen molar-refractivity contribution in [1.29, 1.82) is 0 Å². The van der Waals surface area contributed by atoms with Gasteiger partial charge in [-0.25, -0.2) is 8.42 Å². The highest BCUT2D eigenvalue weighted by molar-refractivity contribution is 7.89. The zero-order chi connectivity index (χ0) is 18.6. The van der Waals surface area contributed by atoms with Gasteiger partial charge in [-0.1, -0.05) is 60.7 Å². The summed E-state index contributed by atoms with van der Waals surface area (Å²) >= 11 is 0. The first-order chi connectivity index (χ1) is 13.1. The third kappa shape index (κ3) is 2.27. The monoisotopic (exact) mass is 376 g/mol. The van der Waals surface area contributed by atoms with E-state index in [1.54, 1.807) is 41.3 Å². The van der Waals surface area contributed by atoms with Crippen LogP contribution in [0.3, 0.4) is 0 Å². The summed E-state index contributed by atoms with van der Waals surface area (Å²) in [6, 6.07) is 23.4. The number of rotatable bonds is 2. The van der Waals surface area contributed by atoms with E-state index in [0.717, 1.165) is 11.1 Å². The second-order valence-corrected chi connectivity index (χ2v) is 8.50. The summed E-state index contributed by atoms with van der Waals surface area (Å²) < 4.78 is 28.3. The first-order valence-electron chi connectivity index (χ1n) is 8.66. The maximum absolute atomic E-state index is 13.5. The summed E-state index contributed by atoms with van der Waals surface area (Å²) in [5, 5.41) is 0. The second-order valence-electron chi connectivity index (χ2n) is 6.64. The maximum Gasteiger partial charge on any atom is 0.260 e. The van der Waals surface area contributed by atoms with E-state index in [2.05, 4.69) is 0 Å².